The minimum Gasteiger partial charge on any atom is -0.365 e. The number of H-pyrrole nitrogens is 1. The molecule has 4 rings (SSSR count). The third-order valence-electron chi connectivity index (χ3n) is 5.07. The van der Waals surface area contributed by atoms with Crippen LogP contribution in [0.4, 0.5) is 17.5 Å². The Bertz CT molecular complexity index is 1060. The SMILES string of the molecule is C=CC(=O)N1CC(Nc2nc(Nc3cnn(CC)c3)nc3[nH]cc(Cl)c23)CC1C. The van der Waals surface area contributed by atoms with Crippen molar-refractivity contribution in [2.24, 2.45) is 0 Å². The van der Waals surface area contributed by atoms with Gasteiger partial charge in [-0.25, -0.2) is 0 Å². The lowest BCUT2D eigenvalue weighted by Crippen LogP contribution is -2.33. The highest BCUT2D eigenvalue weighted by atomic mass is 35.5. The summed E-state index contributed by atoms with van der Waals surface area (Å²) in [5.41, 5.74) is 1.43. The van der Waals surface area contributed by atoms with Gasteiger partial charge < -0.3 is 20.5 Å². The standard InChI is InChI=1S/C19H23ClN8O/c1-4-15(29)28-10-12(6-11(28)3)23-18-16-14(20)8-21-17(16)25-19(26-18)24-13-7-22-27(5-2)9-13/h4,7-9,11-12H,1,5-6,10H2,2-3H3,(H3,21,23,24,25,26). The Morgan fingerprint density at radius 1 is 1.48 bits per heavy atom. The van der Waals surface area contributed by atoms with Crippen LogP contribution in [-0.4, -0.2) is 54.2 Å². The summed E-state index contributed by atoms with van der Waals surface area (Å²) >= 11 is 6.37. The molecule has 29 heavy (non-hydrogen) atoms. The molecule has 4 heterocycles. The van der Waals surface area contributed by atoms with Crippen molar-refractivity contribution < 1.29 is 4.79 Å². The molecule has 152 valence electrons. The molecule has 1 fully saturated rings. The van der Waals surface area contributed by atoms with E-state index in [1.165, 1.54) is 6.08 Å². The molecule has 3 aromatic heterocycles. The summed E-state index contributed by atoms with van der Waals surface area (Å²) < 4.78 is 1.82. The number of anilines is 3. The number of aromatic nitrogens is 5. The Hall–Kier alpha value is -3.07. The molecule has 0 aromatic carbocycles. The second kappa shape index (κ2) is 7.75. The lowest BCUT2D eigenvalue weighted by Gasteiger charge is -2.19. The zero-order valence-corrected chi connectivity index (χ0v) is 17.1. The lowest BCUT2D eigenvalue weighted by molar-refractivity contribution is -0.126. The van der Waals surface area contributed by atoms with Gasteiger partial charge in [0.15, 0.2) is 0 Å². The molecule has 0 aliphatic carbocycles. The molecule has 1 aliphatic rings. The van der Waals surface area contributed by atoms with Crippen LogP contribution in [0.1, 0.15) is 20.3 Å². The van der Waals surface area contributed by atoms with Gasteiger partial charge in [0, 0.05) is 37.6 Å². The Morgan fingerprint density at radius 2 is 2.31 bits per heavy atom. The average Bonchev–Trinajstić information content (AvgIpc) is 3.40. The second-order valence-corrected chi connectivity index (χ2v) is 7.49. The molecule has 1 amide bonds. The maximum Gasteiger partial charge on any atom is 0.246 e. The van der Waals surface area contributed by atoms with Crippen LogP contribution >= 0.6 is 11.6 Å². The van der Waals surface area contributed by atoms with Crippen molar-refractivity contribution >= 4 is 46.0 Å². The number of carbonyl (C=O) groups is 1. The van der Waals surface area contributed by atoms with E-state index in [4.69, 9.17) is 11.6 Å². The van der Waals surface area contributed by atoms with E-state index in [2.05, 4.69) is 37.3 Å². The van der Waals surface area contributed by atoms with Gasteiger partial charge in [-0.2, -0.15) is 15.1 Å². The predicted molar refractivity (Wildman–Crippen MR) is 113 cm³/mol. The van der Waals surface area contributed by atoms with Crippen LogP contribution in [0, 0.1) is 0 Å². The number of nitrogens with one attached hydrogen (secondary N) is 3. The highest BCUT2D eigenvalue weighted by molar-refractivity contribution is 6.36. The summed E-state index contributed by atoms with van der Waals surface area (Å²) in [6, 6.07) is 0.170. The first kappa shape index (κ1) is 19.3. The van der Waals surface area contributed by atoms with Gasteiger partial charge >= 0.3 is 0 Å². The number of nitrogens with zero attached hydrogens (tertiary/aromatic N) is 5. The van der Waals surface area contributed by atoms with E-state index < -0.39 is 0 Å². The fourth-order valence-corrected chi connectivity index (χ4v) is 3.87. The zero-order chi connectivity index (χ0) is 20.5. The van der Waals surface area contributed by atoms with Gasteiger partial charge in [0.25, 0.3) is 0 Å². The number of halogens is 1. The average molecular weight is 415 g/mol. The summed E-state index contributed by atoms with van der Waals surface area (Å²) in [5, 5.41) is 12.1. The molecule has 3 N–H and O–H groups in total. The quantitative estimate of drug-likeness (QED) is 0.535. The lowest BCUT2D eigenvalue weighted by atomic mass is 10.2. The van der Waals surface area contributed by atoms with E-state index in [1.807, 2.05) is 24.7 Å². The molecule has 1 aliphatic heterocycles. The fourth-order valence-electron chi connectivity index (χ4n) is 3.64. The number of amides is 1. The molecule has 0 saturated carbocycles. The summed E-state index contributed by atoms with van der Waals surface area (Å²) in [4.78, 5) is 26.1. The summed E-state index contributed by atoms with van der Waals surface area (Å²) in [5.74, 6) is 0.987. The highest BCUT2D eigenvalue weighted by Crippen LogP contribution is 2.31. The van der Waals surface area contributed by atoms with Crippen molar-refractivity contribution in [1.29, 1.82) is 0 Å². The molecule has 2 unspecified atom stereocenters. The van der Waals surface area contributed by atoms with Crippen molar-refractivity contribution in [2.75, 3.05) is 17.2 Å². The number of aromatic amines is 1. The number of hydrogen-bond acceptors (Lipinski definition) is 6. The molecule has 0 radical (unpaired) electrons. The number of carbonyl (C=O) groups excluding carboxylic acids is 1. The summed E-state index contributed by atoms with van der Waals surface area (Å²) in [6.07, 6.45) is 7.46. The van der Waals surface area contributed by atoms with Crippen LogP contribution in [0.15, 0.2) is 31.2 Å². The molecule has 1 saturated heterocycles. The van der Waals surface area contributed by atoms with Gasteiger partial charge in [0.1, 0.15) is 11.5 Å². The first-order valence-corrected chi connectivity index (χ1v) is 9.90. The first-order chi connectivity index (χ1) is 14.0. The Kier molecular flexibility index (Phi) is 5.14. The van der Waals surface area contributed by atoms with Crippen LogP contribution in [-0.2, 0) is 11.3 Å². The Labute approximate surface area is 173 Å². The fraction of sp³-hybridized carbons (Fsp3) is 0.368. The van der Waals surface area contributed by atoms with E-state index in [1.54, 1.807) is 17.3 Å². The Morgan fingerprint density at radius 3 is 3.03 bits per heavy atom. The number of hydrogen-bond donors (Lipinski definition) is 3. The van der Waals surface area contributed by atoms with Crippen LogP contribution < -0.4 is 10.6 Å². The van der Waals surface area contributed by atoms with Crippen molar-refractivity contribution in [3.8, 4) is 0 Å². The second-order valence-electron chi connectivity index (χ2n) is 7.09. The third-order valence-corrected chi connectivity index (χ3v) is 5.37. The molecule has 9 nitrogen and oxygen atoms in total. The largest absolute Gasteiger partial charge is 0.365 e. The van der Waals surface area contributed by atoms with Crippen molar-refractivity contribution in [3.05, 3.63) is 36.3 Å². The minimum absolute atomic E-state index is 0.0497. The molecule has 0 bridgehead atoms. The monoisotopic (exact) mass is 414 g/mol. The maximum atomic E-state index is 12.0. The smallest absolute Gasteiger partial charge is 0.246 e. The number of fused-ring (bicyclic) bond motifs is 1. The van der Waals surface area contributed by atoms with Crippen LogP contribution in [0.25, 0.3) is 11.0 Å². The van der Waals surface area contributed by atoms with E-state index in [0.29, 0.717) is 29.0 Å². The molecular formula is C19H23ClN8O. The van der Waals surface area contributed by atoms with Gasteiger partial charge in [-0.1, -0.05) is 18.2 Å². The van der Waals surface area contributed by atoms with E-state index in [9.17, 15) is 4.79 Å². The normalized spacial score (nSPS) is 18.9. The summed E-state index contributed by atoms with van der Waals surface area (Å²) in [7, 11) is 0. The summed E-state index contributed by atoms with van der Waals surface area (Å²) in [6.45, 7) is 8.99. The van der Waals surface area contributed by atoms with Gasteiger partial charge in [-0.3, -0.25) is 9.48 Å². The van der Waals surface area contributed by atoms with Gasteiger partial charge in [0.05, 0.1) is 22.3 Å². The predicted octanol–water partition coefficient (Wildman–Crippen LogP) is 3.16. The molecule has 3 aromatic rings. The number of likely N-dealkylation sites (tertiary alicyclic amines) is 1. The molecule has 0 spiro atoms. The van der Waals surface area contributed by atoms with E-state index >= 15 is 0 Å². The van der Waals surface area contributed by atoms with Crippen molar-refractivity contribution in [2.45, 2.75) is 38.9 Å². The topological polar surface area (TPSA) is 104 Å². The minimum atomic E-state index is -0.0652. The third kappa shape index (κ3) is 3.77. The van der Waals surface area contributed by atoms with Crippen LogP contribution in [0.3, 0.4) is 0 Å². The molecular weight excluding hydrogens is 392 g/mol. The van der Waals surface area contributed by atoms with E-state index in [0.717, 1.165) is 24.0 Å². The van der Waals surface area contributed by atoms with Crippen LogP contribution in [0.2, 0.25) is 5.02 Å². The maximum absolute atomic E-state index is 12.0. The first-order valence-electron chi connectivity index (χ1n) is 9.52. The van der Waals surface area contributed by atoms with Gasteiger partial charge in [-0.15, -0.1) is 0 Å². The van der Waals surface area contributed by atoms with E-state index in [-0.39, 0.29) is 18.0 Å². The molecule has 10 heteroatoms. The van der Waals surface area contributed by atoms with Gasteiger partial charge in [0.2, 0.25) is 11.9 Å². The van der Waals surface area contributed by atoms with Crippen LogP contribution in [0.5, 0.6) is 0 Å². The zero-order valence-electron chi connectivity index (χ0n) is 16.3. The highest BCUT2D eigenvalue weighted by Gasteiger charge is 2.32. The molecule has 2 atom stereocenters. The van der Waals surface area contributed by atoms with Crippen molar-refractivity contribution in [1.82, 2.24) is 29.6 Å². The number of aryl methyl sites for hydroxylation is 1. The van der Waals surface area contributed by atoms with Gasteiger partial charge in [-0.05, 0) is 26.3 Å². The number of rotatable bonds is 6. The van der Waals surface area contributed by atoms with Crippen molar-refractivity contribution in [3.63, 3.8) is 0 Å². The Balaban J connectivity index is 1.61.